The Hall–Kier alpha value is -1.19. The van der Waals surface area contributed by atoms with Gasteiger partial charge in [-0.1, -0.05) is 0 Å². The normalized spacial score (nSPS) is 15.5. The maximum Gasteiger partial charge on any atom is 0.150 e. The first-order valence-corrected chi connectivity index (χ1v) is 4.76. The highest BCUT2D eigenvalue weighted by Crippen LogP contribution is 2.30. The minimum Gasteiger partial charge on any atom is -0.379 e. The minimum absolute atomic E-state index is 1.02. The number of likely N-dealkylation sites (N-methyl/N-ethyl adjacent to an activating group) is 1. The van der Waals surface area contributed by atoms with Gasteiger partial charge in [0, 0.05) is 26.7 Å². The molecule has 2 heterocycles. The lowest BCUT2D eigenvalue weighted by molar-refractivity contribution is 0.704. The number of rotatable bonds is 1. The third kappa shape index (κ3) is 1.17. The van der Waals surface area contributed by atoms with E-state index in [4.69, 9.17) is 0 Å². The Kier molecular flexibility index (Phi) is 1.90. The summed E-state index contributed by atoms with van der Waals surface area (Å²) in [6.45, 7) is 7.37. The quantitative estimate of drug-likeness (QED) is 0.699. The molecule has 0 aromatic carbocycles. The Morgan fingerprint density at radius 3 is 3.00 bits per heavy atom. The van der Waals surface area contributed by atoms with E-state index in [1.54, 1.807) is 0 Å². The smallest absolute Gasteiger partial charge is 0.150 e. The maximum absolute atomic E-state index is 4.40. The summed E-state index contributed by atoms with van der Waals surface area (Å²) in [5.41, 5.74) is 2.30. The number of anilines is 2. The van der Waals surface area contributed by atoms with Crippen LogP contribution >= 0.6 is 0 Å². The van der Waals surface area contributed by atoms with E-state index >= 15 is 0 Å². The molecular weight excluding hydrogens is 164 g/mol. The topological polar surface area (TPSA) is 33.1 Å². The minimum atomic E-state index is 1.02. The molecule has 0 atom stereocenters. The van der Waals surface area contributed by atoms with Gasteiger partial charge in [-0.05, 0) is 13.8 Å². The second kappa shape index (κ2) is 2.94. The summed E-state index contributed by atoms with van der Waals surface area (Å²) in [5.74, 6) is 1.23. The van der Waals surface area contributed by atoms with Crippen LogP contribution in [0.2, 0.25) is 0 Å². The van der Waals surface area contributed by atoms with E-state index in [9.17, 15) is 0 Å². The highest BCUT2D eigenvalue weighted by atomic mass is 15.4. The third-order valence-electron chi connectivity index (χ3n) is 2.56. The van der Waals surface area contributed by atoms with Crippen molar-refractivity contribution in [1.82, 2.24) is 9.78 Å². The standard InChI is InChI=1S/C9H16N4/c1-4-13-6-5-10-8-7(2)11-12(3)9(8)13/h10H,4-6H2,1-3H3. The number of hydrogen-bond donors (Lipinski definition) is 1. The fourth-order valence-corrected chi connectivity index (χ4v) is 1.95. The molecule has 2 rings (SSSR count). The molecule has 4 nitrogen and oxygen atoms in total. The van der Waals surface area contributed by atoms with Gasteiger partial charge in [-0.15, -0.1) is 0 Å². The van der Waals surface area contributed by atoms with Crippen LogP contribution in [-0.2, 0) is 7.05 Å². The Balaban J connectivity index is 2.48. The zero-order valence-corrected chi connectivity index (χ0v) is 8.46. The van der Waals surface area contributed by atoms with Gasteiger partial charge in [0.2, 0.25) is 0 Å². The van der Waals surface area contributed by atoms with Crippen molar-refractivity contribution in [3.8, 4) is 0 Å². The molecule has 0 spiro atoms. The summed E-state index contributed by atoms with van der Waals surface area (Å²) in [6, 6.07) is 0. The molecule has 13 heavy (non-hydrogen) atoms. The molecule has 1 aromatic heterocycles. The number of nitrogens with one attached hydrogen (secondary N) is 1. The number of hydrogen-bond acceptors (Lipinski definition) is 3. The van der Waals surface area contributed by atoms with Crippen molar-refractivity contribution < 1.29 is 0 Å². The van der Waals surface area contributed by atoms with Crippen LogP contribution in [-0.4, -0.2) is 29.4 Å². The van der Waals surface area contributed by atoms with Crippen molar-refractivity contribution in [3.63, 3.8) is 0 Å². The van der Waals surface area contributed by atoms with E-state index in [2.05, 4.69) is 22.2 Å². The SMILES string of the molecule is CCN1CCNc2c(C)nn(C)c21. The molecule has 0 fully saturated rings. The summed E-state index contributed by atoms with van der Waals surface area (Å²) in [7, 11) is 2.00. The van der Waals surface area contributed by atoms with Crippen molar-refractivity contribution in [1.29, 1.82) is 0 Å². The van der Waals surface area contributed by atoms with Crippen LogP contribution in [0.5, 0.6) is 0 Å². The van der Waals surface area contributed by atoms with Gasteiger partial charge >= 0.3 is 0 Å². The van der Waals surface area contributed by atoms with E-state index < -0.39 is 0 Å². The fraction of sp³-hybridized carbons (Fsp3) is 0.667. The van der Waals surface area contributed by atoms with Crippen molar-refractivity contribution in [2.24, 2.45) is 7.05 Å². The van der Waals surface area contributed by atoms with Crippen LogP contribution in [0.1, 0.15) is 12.6 Å². The van der Waals surface area contributed by atoms with Crippen molar-refractivity contribution >= 4 is 11.5 Å². The lowest BCUT2D eigenvalue weighted by atomic mass is 10.3. The average molecular weight is 180 g/mol. The van der Waals surface area contributed by atoms with Crippen LogP contribution < -0.4 is 10.2 Å². The Bertz CT molecular complexity index is 316. The van der Waals surface area contributed by atoms with Gasteiger partial charge in [0.15, 0.2) is 5.82 Å². The van der Waals surface area contributed by atoms with Crippen LogP contribution in [0.4, 0.5) is 11.5 Å². The molecule has 0 radical (unpaired) electrons. The first kappa shape index (κ1) is 8.41. The second-order valence-electron chi connectivity index (χ2n) is 3.41. The van der Waals surface area contributed by atoms with Crippen LogP contribution in [0, 0.1) is 6.92 Å². The molecule has 1 N–H and O–H groups in total. The highest BCUT2D eigenvalue weighted by Gasteiger charge is 2.21. The van der Waals surface area contributed by atoms with Crippen molar-refractivity contribution in [2.75, 3.05) is 29.9 Å². The summed E-state index contributed by atoms with van der Waals surface area (Å²) >= 11 is 0. The fourth-order valence-electron chi connectivity index (χ4n) is 1.95. The Labute approximate surface area is 78.5 Å². The number of nitrogens with zero attached hydrogens (tertiary/aromatic N) is 3. The Morgan fingerprint density at radius 1 is 1.54 bits per heavy atom. The van der Waals surface area contributed by atoms with Crippen LogP contribution in [0.25, 0.3) is 0 Å². The van der Waals surface area contributed by atoms with Gasteiger partial charge in [0.1, 0.15) is 5.69 Å². The molecule has 0 saturated heterocycles. The lowest BCUT2D eigenvalue weighted by Gasteiger charge is -2.29. The van der Waals surface area contributed by atoms with Gasteiger partial charge < -0.3 is 10.2 Å². The number of fused-ring (bicyclic) bond motifs is 1. The number of aryl methyl sites for hydroxylation is 2. The summed E-state index contributed by atoms with van der Waals surface area (Å²) in [4.78, 5) is 2.35. The lowest BCUT2D eigenvalue weighted by Crippen LogP contribution is -2.34. The maximum atomic E-state index is 4.40. The molecule has 1 aromatic rings. The van der Waals surface area contributed by atoms with Gasteiger partial charge in [-0.2, -0.15) is 5.10 Å². The largest absolute Gasteiger partial charge is 0.379 e. The molecule has 0 aliphatic carbocycles. The third-order valence-corrected chi connectivity index (χ3v) is 2.56. The van der Waals surface area contributed by atoms with E-state index in [1.165, 1.54) is 11.5 Å². The molecule has 72 valence electrons. The highest BCUT2D eigenvalue weighted by molar-refractivity contribution is 5.71. The predicted octanol–water partition coefficient (Wildman–Crippen LogP) is 0.980. The second-order valence-corrected chi connectivity index (χ2v) is 3.41. The molecule has 0 unspecified atom stereocenters. The molecule has 4 heteroatoms. The summed E-state index contributed by atoms with van der Waals surface area (Å²) in [5, 5.41) is 7.79. The molecular formula is C9H16N4. The Morgan fingerprint density at radius 2 is 2.31 bits per heavy atom. The summed E-state index contributed by atoms with van der Waals surface area (Å²) in [6.07, 6.45) is 0. The first-order valence-electron chi connectivity index (χ1n) is 4.76. The van der Waals surface area contributed by atoms with Crippen LogP contribution in [0.3, 0.4) is 0 Å². The number of aromatic nitrogens is 2. The zero-order valence-electron chi connectivity index (χ0n) is 8.46. The monoisotopic (exact) mass is 180 g/mol. The predicted molar refractivity (Wildman–Crippen MR) is 54.3 cm³/mol. The average Bonchev–Trinajstić information content (AvgIpc) is 2.43. The zero-order chi connectivity index (χ0) is 9.42. The van der Waals surface area contributed by atoms with Gasteiger partial charge in [0.05, 0.1) is 5.69 Å². The van der Waals surface area contributed by atoms with Gasteiger partial charge in [-0.25, -0.2) is 0 Å². The van der Waals surface area contributed by atoms with Gasteiger partial charge in [-0.3, -0.25) is 4.68 Å². The van der Waals surface area contributed by atoms with Crippen LogP contribution in [0.15, 0.2) is 0 Å². The van der Waals surface area contributed by atoms with E-state index in [0.717, 1.165) is 25.3 Å². The summed E-state index contributed by atoms with van der Waals surface area (Å²) < 4.78 is 1.96. The molecule has 0 amide bonds. The first-order chi connectivity index (χ1) is 6.24. The molecule has 0 bridgehead atoms. The van der Waals surface area contributed by atoms with E-state index in [1.807, 2.05) is 18.7 Å². The van der Waals surface area contributed by atoms with Crippen molar-refractivity contribution in [3.05, 3.63) is 5.69 Å². The van der Waals surface area contributed by atoms with E-state index in [0.29, 0.717) is 0 Å². The molecule has 1 aliphatic heterocycles. The molecule has 1 aliphatic rings. The molecule has 0 saturated carbocycles. The van der Waals surface area contributed by atoms with Crippen molar-refractivity contribution in [2.45, 2.75) is 13.8 Å². The van der Waals surface area contributed by atoms with E-state index in [-0.39, 0.29) is 0 Å². The van der Waals surface area contributed by atoms with Gasteiger partial charge in [0.25, 0.3) is 0 Å².